The first-order chi connectivity index (χ1) is 8.77. The number of unbranched alkanes of at least 4 members (excludes halogenated alkanes) is 9. The molecule has 108 valence electrons. The second kappa shape index (κ2) is 18.4. The molecule has 0 aliphatic heterocycles. The Bertz CT molecular complexity index is 189. The molecule has 0 rings (SSSR count). The van der Waals surface area contributed by atoms with Crippen LogP contribution in [0.5, 0.6) is 0 Å². The first-order valence-corrected chi connectivity index (χ1v) is 7.68. The van der Waals surface area contributed by atoms with Crippen LogP contribution < -0.4 is 40.0 Å². The van der Waals surface area contributed by atoms with Gasteiger partial charge in [-0.25, -0.2) is 0 Å². The molecule has 1 N–H and O–H groups in total. The van der Waals surface area contributed by atoms with Crippen LogP contribution in [0, 0.1) is 0 Å². The summed E-state index contributed by atoms with van der Waals surface area (Å²) in [5, 5.41) is 13.3. The van der Waals surface area contributed by atoms with Gasteiger partial charge < -0.3 is 15.2 Å². The van der Waals surface area contributed by atoms with Crippen LogP contribution >= 0.6 is 0 Å². The normalized spacial score (nSPS) is 10.2. The van der Waals surface area contributed by atoms with Crippen molar-refractivity contribution in [1.29, 1.82) is 0 Å². The van der Waals surface area contributed by atoms with E-state index in [0.29, 0.717) is 6.54 Å². The summed E-state index contributed by atoms with van der Waals surface area (Å²) >= 11 is 0. The molecule has 0 amide bonds. The second-order valence-electron chi connectivity index (χ2n) is 5.05. The Morgan fingerprint density at radius 1 is 0.842 bits per heavy atom. The molecule has 0 saturated heterocycles. The Kier molecular flexibility index (Phi) is 21.1. The zero-order valence-electron chi connectivity index (χ0n) is 13.0. The van der Waals surface area contributed by atoms with Crippen molar-refractivity contribution in [3.05, 3.63) is 0 Å². The summed E-state index contributed by atoms with van der Waals surface area (Å²) in [6.07, 6.45) is 13.5. The molecule has 0 fully saturated rings. The standard InChI is InChI=1S/C15H31NO2.Na/c1-2-3-4-5-6-7-8-9-10-11-13-16-14-12-15(17)18;/h16H,2-14H2,1H3,(H,17,18);/q;+1/p-1. The quantitative estimate of drug-likeness (QED) is 0.349. The topological polar surface area (TPSA) is 52.2 Å². The molecule has 0 unspecified atom stereocenters. The van der Waals surface area contributed by atoms with Crippen molar-refractivity contribution in [3.63, 3.8) is 0 Å². The number of nitrogens with one attached hydrogen (secondary N) is 1. The maximum Gasteiger partial charge on any atom is 1.00 e. The molecule has 0 aliphatic rings. The van der Waals surface area contributed by atoms with E-state index in [1.54, 1.807) is 0 Å². The van der Waals surface area contributed by atoms with E-state index in [4.69, 9.17) is 0 Å². The van der Waals surface area contributed by atoms with Crippen LogP contribution in [-0.2, 0) is 4.79 Å². The molecular weight excluding hydrogens is 249 g/mol. The van der Waals surface area contributed by atoms with Crippen LogP contribution in [0.25, 0.3) is 0 Å². The van der Waals surface area contributed by atoms with Crippen molar-refractivity contribution in [2.75, 3.05) is 13.1 Å². The van der Waals surface area contributed by atoms with Gasteiger partial charge in [0.05, 0.1) is 0 Å². The Balaban J connectivity index is 0. The molecule has 0 aromatic rings. The van der Waals surface area contributed by atoms with Crippen LogP contribution in [0.3, 0.4) is 0 Å². The number of hydrogen-bond donors (Lipinski definition) is 1. The van der Waals surface area contributed by atoms with Crippen LogP contribution in [0.4, 0.5) is 0 Å². The minimum absolute atomic E-state index is 0. The van der Waals surface area contributed by atoms with E-state index >= 15 is 0 Å². The molecule has 0 aromatic carbocycles. The third kappa shape index (κ3) is 20.9. The predicted octanol–water partition coefficient (Wildman–Crippen LogP) is -0.359. The zero-order valence-corrected chi connectivity index (χ0v) is 15.0. The van der Waals surface area contributed by atoms with E-state index < -0.39 is 5.97 Å². The van der Waals surface area contributed by atoms with Crippen molar-refractivity contribution >= 4 is 5.97 Å². The molecule has 4 heteroatoms. The molecule has 0 heterocycles. The van der Waals surface area contributed by atoms with Crippen LogP contribution in [0.15, 0.2) is 0 Å². The Labute approximate surface area is 141 Å². The van der Waals surface area contributed by atoms with Gasteiger partial charge in [0.25, 0.3) is 0 Å². The Hall–Kier alpha value is 0.430. The van der Waals surface area contributed by atoms with Crippen molar-refractivity contribution in [1.82, 2.24) is 5.32 Å². The second-order valence-corrected chi connectivity index (χ2v) is 5.05. The Morgan fingerprint density at radius 3 is 1.79 bits per heavy atom. The molecular formula is C15H30NNaO2. The average molecular weight is 279 g/mol. The molecule has 0 saturated carbocycles. The number of rotatable bonds is 14. The molecule has 0 aliphatic carbocycles. The fourth-order valence-electron chi connectivity index (χ4n) is 2.05. The van der Waals surface area contributed by atoms with Gasteiger partial charge in [0.2, 0.25) is 0 Å². The maximum absolute atomic E-state index is 10.1. The van der Waals surface area contributed by atoms with Gasteiger partial charge in [-0.05, 0) is 19.4 Å². The van der Waals surface area contributed by atoms with Gasteiger partial charge >= 0.3 is 29.6 Å². The predicted molar refractivity (Wildman–Crippen MR) is 74.3 cm³/mol. The average Bonchev–Trinajstić information content (AvgIpc) is 2.34. The van der Waals surface area contributed by atoms with Crippen LogP contribution in [-0.4, -0.2) is 19.1 Å². The van der Waals surface area contributed by atoms with Crippen molar-refractivity contribution in [3.8, 4) is 0 Å². The van der Waals surface area contributed by atoms with E-state index in [1.165, 1.54) is 57.8 Å². The van der Waals surface area contributed by atoms with Gasteiger partial charge in [0, 0.05) is 12.5 Å². The third-order valence-corrected chi connectivity index (χ3v) is 3.21. The molecule has 0 bridgehead atoms. The maximum atomic E-state index is 10.1. The number of hydrogen-bond acceptors (Lipinski definition) is 3. The molecule has 0 aromatic heterocycles. The number of aliphatic carboxylic acids is 1. The molecule has 0 atom stereocenters. The van der Waals surface area contributed by atoms with Gasteiger partial charge in [0.1, 0.15) is 0 Å². The summed E-state index contributed by atoms with van der Waals surface area (Å²) in [4.78, 5) is 10.1. The minimum Gasteiger partial charge on any atom is -0.550 e. The third-order valence-electron chi connectivity index (χ3n) is 3.21. The summed E-state index contributed by atoms with van der Waals surface area (Å²) < 4.78 is 0. The van der Waals surface area contributed by atoms with E-state index in [9.17, 15) is 9.90 Å². The van der Waals surface area contributed by atoms with Gasteiger partial charge in [-0.2, -0.15) is 0 Å². The zero-order chi connectivity index (χ0) is 13.5. The van der Waals surface area contributed by atoms with E-state index in [0.717, 1.165) is 13.0 Å². The number of carboxylic acids is 1. The van der Waals surface area contributed by atoms with Gasteiger partial charge in [-0.1, -0.05) is 64.7 Å². The monoisotopic (exact) mass is 279 g/mol. The molecule has 0 spiro atoms. The van der Waals surface area contributed by atoms with Crippen molar-refractivity contribution in [2.45, 2.75) is 77.6 Å². The summed E-state index contributed by atoms with van der Waals surface area (Å²) in [6.45, 7) is 3.73. The molecule has 0 radical (unpaired) electrons. The van der Waals surface area contributed by atoms with E-state index in [-0.39, 0.29) is 36.0 Å². The van der Waals surface area contributed by atoms with Crippen molar-refractivity contribution < 1.29 is 39.5 Å². The summed E-state index contributed by atoms with van der Waals surface area (Å²) in [5.41, 5.74) is 0. The minimum atomic E-state index is -0.967. The fraction of sp³-hybridized carbons (Fsp3) is 0.933. The van der Waals surface area contributed by atoms with Crippen LogP contribution in [0.2, 0.25) is 0 Å². The largest absolute Gasteiger partial charge is 1.00 e. The van der Waals surface area contributed by atoms with E-state index in [1.807, 2.05) is 0 Å². The number of carbonyl (C=O) groups is 1. The number of carbonyl (C=O) groups excluding carboxylic acids is 1. The van der Waals surface area contributed by atoms with Gasteiger partial charge in [-0.15, -0.1) is 0 Å². The van der Waals surface area contributed by atoms with Gasteiger partial charge in [-0.3, -0.25) is 0 Å². The SMILES string of the molecule is CCCCCCCCCCCCNCCC(=O)[O-].[Na+]. The smallest absolute Gasteiger partial charge is 0.550 e. The van der Waals surface area contributed by atoms with Crippen LogP contribution in [0.1, 0.15) is 77.6 Å². The van der Waals surface area contributed by atoms with E-state index in [2.05, 4.69) is 12.2 Å². The molecule has 19 heavy (non-hydrogen) atoms. The van der Waals surface area contributed by atoms with Gasteiger partial charge in [0.15, 0.2) is 0 Å². The summed E-state index contributed by atoms with van der Waals surface area (Å²) in [7, 11) is 0. The number of carboxylic acid groups (broad SMARTS) is 1. The Morgan fingerprint density at radius 2 is 1.32 bits per heavy atom. The summed E-state index contributed by atoms with van der Waals surface area (Å²) in [5.74, 6) is -0.967. The first-order valence-electron chi connectivity index (χ1n) is 7.68. The first kappa shape index (κ1) is 21.7. The fourth-order valence-corrected chi connectivity index (χ4v) is 2.05. The van der Waals surface area contributed by atoms with Crippen molar-refractivity contribution in [2.24, 2.45) is 0 Å². The molecule has 3 nitrogen and oxygen atoms in total. The summed E-state index contributed by atoms with van der Waals surface area (Å²) in [6, 6.07) is 0.